The van der Waals surface area contributed by atoms with Gasteiger partial charge in [-0.25, -0.2) is 4.98 Å². The molecule has 1 aliphatic heterocycles. The molecule has 0 saturated carbocycles. The Labute approximate surface area is 157 Å². The minimum absolute atomic E-state index is 0.00545. The van der Waals surface area contributed by atoms with E-state index in [1.807, 2.05) is 38.1 Å². The molecule has 7 nitrogen and oxygen atoms in total. The van der Waals surface area contributed by atoms with Crippen LogP contribution in [0.1, 0.15) is 33.3 Å². The van der Waals surface area contributed by atoms with Crippen LogP contribution in [0.5, 0.6) is 0 Å². The van der Waals surface area contributed by atoms with Gasteiger partial charge in [0, 0.05) is 24.0 Å². The molecule has 1 aromatic carbocycles. The number of anilines is 4. The van der Waals surface area contributed by atoms with Gasteiger partial charge in [0.05, 0.1) is 11.7 Å². The summed E-state index contributed by atoms with van der Waals surface area (Å²) in [5, 5.41) is 9.48. The Morgan fingerprint density at radius 1 is 1.22 bits per heavy atom. The Balaban J connectivity index is 1.64. The second-order valence-corrected chi connectivity index (χ2v) is 7.77. The molecular weight excluding hydrogens is 342 g/mol. The van der Waals surface area contributed by atoms with Crippen molar-refractivity contribution in [3.05, 3.63) is 36.1 Å². The van der Waals surface area contributed by atoms with Gasteiger partial charge in [0.2, 0.25) is 11.9 Å². The van der Waals surface area contributed by atoms with Gasteiger partial charge in [-0.3, -0.25) is 4.79 Å². The van der Waals surface area contributed by atoms with E-state index >= 15 is 0 Å². The number of hydrogen-bond donors (Lipinski definition) is 3. The van der Waals surface area contributed by atoms with Crippen molar-refractivity contribution in [2.45, 2.75) is 33.1 Å². The first-order valence-corrected chi connectivity index (χ1v) is 9.06. The number of carbonyl (C=O) groups is 1. The molecule has 1 aliphatic rings. The van der Waals surface area contributed by atoms with Crippen LogP contribution in [-0.4, -0.2) is 22.4 Å². The lowest BCUT2D eigenvalue weighted by atomic mass is 9.86. The van der Waals surface area contributed by atoms with Gasteiger partial charge in [-0.05, 0) is 37.5 Å². The zero-order chi connectivity index (χ0) is 19.2. The van der Waals surface area contributed by atoms with Crippen molar-refractivity contribution in [3.63, 3.8) is 0 Å². The molecule has 0 aliphatic carbocycles. The van der Waals surface area contributed by atoms with E-state index in [-0.39, 0.29) is 5.91 Å². The molecule has 0 fully saturated rings. The smallest absolute Gasteiger partial charge is 0.234 e. The molecular formula is C20H23N5O2. The van der Waals surface area contributed by atoms with E-state index in [1.165, 1.54) is 0 Å². The maximum Gasteiger partial charge on any atom is 0.234 e. The lowest BCUT2D eigenvalue weighted by molar-refractivity contribution is -0.119. The van der Waals surface area contributed by atoms with Crippen LogP contribution < -0.4 is 16.0 Å². The molecule has 0 atom stereocenters. The van der Waals surface area contributed by atoms with Crippen LogP contribution in [0, 0.1) is 5.92 Å². The SMILES string of the molecule is CC(C)CNc1nc(Nc2ccc3c(c2)NC(=O)C3(C)C)nc2ccoc12. The molecule has 1 amide bonds. The summed E-state index contributed by atoms with van der Waals surface area (Å²) in [7, 11) is 0. The number of nitrogens with zero attached hydrogens (tertiary/aromatic N) is 2. The molecule has 0 radical (unpaired) electrons. The van der Waals surface area contributed by atoms with Gasteiger partial charge in [0.15, 0.2) is 11.4 Å². The highest BCUT2D eigenvalue weighted by Gasteiger charge is 2.38. The van der Waals surface area contributed by atoms with Gasteiger partial charge in [-0.15, -0.1) is 0 Å². The fourth-order valence-corrected chi connectivity index (χ4v) is 3.14. The molecule has 2 aromatic heterocycles. The van der Waals surface area contributed by atoms with E-state index in [4.69, 9.17) is 4.42 Å². The summed E-state index contributed by atoms with van der Waals surface area (Å²) >= 11 is 0. The third kappa shape index (κ3) is 3.09. The lowest BCUT2D eigenvalue weighted by Crippen LogP contribution is -2.26. The maximum absolute atomic E-state index is 12.1. The molecule has 3 N–H and O–H groups in total. The number of nitrogens with one attached hydrogen (secondary N) is 3. The van der Waals surface area contributed by atoms with E-state index in [2.05, 4.69) is 39.8 Å². The van der Waals surface area contributed by atoms with Crippen LogP contribution in [0.25, 0.3) is 11.1 Å². The Kier molecular flexibility index (Phi) is 4.02. The Morgan fingerprint density at radius 3 is 2.81 bits per heavy atom. The first-order chi connectivity index (χ1) is 12.8. The normalized spacial score (nSPS) is 15.1. The standard InChI is InChI=1S/C20H23N5O2/c1-11(2)10-21-17-16-14(7-8-27-16)24-19(25-17)22-12-5-6-13-15(9-12)23-18(26)20(13,3)4/h5-9,11H,10H2,1-4H3,(H,23,26)(H2,21,22,24,25). The highest BCUT2D eigenvalue weighted by Crippen LogP contribution is 2.39. The third-order valence-corrected chi connectivity index (χ3v) is 4.75. The second kappa shape index (κ2) is 6.26. The molecule has 4 rings (SSSR count). The Bertz CT molecular complexity index is 1020. The van der Waals surface area contributed by atoms with E-state index in [1.54, 1.807) is 6.26 Å². The van der Waals surface area contributed by atoms with Crippen LogP contribution in [0.3, 0.4) is 0 Å². The lowest BCUT2D eigenvalue weighted by Gasteiger charge is -2.15. The molecule has 140 valence electrons. The first kappa shape index (κ1) is 17.3. The molecule has 7 heteroatoms. The molecule has 0 unspecified atom stereocenters. The predicted molar refractivity (Wildman–Crippen MR) is 107 cm³/mol. The van der Waals surface area contributed by atoms with Crippen molar-refractivity contribution in [2.75, 3.05) is 22.5 Å². The van der Waals surface area contributed by atoms with Crippen molar-refractivity contribution < 1.29 is 9.21 Å². The molecule has 3 heterocycles. The maximum atomic E-state index is 12.1. The number of amides is 1. The highest BCUT2D eigenvalue weighted by atomic mass is 16.3. The highest BCUT2D eigenvalue weighted by molar-refractivity contribution is 6.06. The molecule has 27 heavy (non-hydrogen) atoms. The van der Waals surface area contributed by atoms with Crippen molar-refractivity contribution in [3.8, 4) is 0 Å². The number of furan rings is 1. The Hall–Kier alpha value is -3.09. The second-order valence-electron chi connectivity index (χ2n) is 7.77. The summed E-state index contributed by atoms with van der Waals surface area (Å²) in [6, 6.07) is 7.62. The van der Waals surface area contributed by atoms with Crippen molar-refractivity contribution in [1.29, 1.82) is 0 Å². The summed E-state index contributed by atoms with van der Waals surface area (Å²) in [6.07, 6.45) is 1.61. The minimum Gasteiger partial charge on any atom is -0.459 e. The fourth-order valence-electron chi connectivity index (χ4n) is 3.14. The number of hydrogen-bond acceptors (Lipinski definition) is 6. The van der Waals surface area contributed by atoms with Gasteiger partial charge in [0.25, 0.3) is 0 Å². The topological polar surface area (TPSA) is 92.1 Å². The van der Waals surface area contributed by atoms with E-state index in [0.29, 0.717) is 23.3 Å². The van der Waals surface area contributed by atoms with E-state index in [0.717, 1.165) is 29.0 Å². The minimum atomic E-state index is -0.520. The quantitative estimate of drug-likeness (QED) is 0.625. The van der Waals surface area contributed by atoms with Gasteiger partial charge in [0.1, 0.15) is 5.52 Å². The summed E-state index contributed by atoms with van der Waals surface area (Å²) in [5.74, 6) is 1.62. The average molecular weight is 365 g/mol. The summed E-state index contributed by atoms with van der Waals surface area (Å²) in [4.78, 5) is 21.2. The van der Waals surface area contributed by atoms with Gasteiger partial charge >= 0.3 is 0 Å². The van der Waals surface area contributed by atoms with Crippen LogP contribution in [0.4, 0.5) is 23.1 Å². The third-order valence-electron chi connectivity index (χ3n) is 4.75. The zero-order valence-corrected chi connectivity index (χ0v) is 15.9. The molecule has 0 bridgehead atoms. The number of rotatable bonds is 5. The van der Waals surface area contributed by atoms with Gasteiger partial charge < -0.3 is 20.4 Å². The molecule has 3 aromatic rings. The average Bonchev–Trinajstić information content (AvgIpc) is 3.15. The monoisotopic (exact) mass is 365 g/mol. The van der Waals surface area contributed by atoms with Crippen molar-refractivity contribution >= 4 is 40.1 Å². The predicted octanol–water partition coefficient (Wildman–Crippen LogP) is 4.26. The van der Waals surface area contributed by atoms with Crippen LogP contribution in [0.2, 0.25) is 0 Å². The summed E-state index contributed by atoms with van der Waals surface area (Å²) < 4.78 is 5.52. The first-order valence-electron chi connectivity index (χ1n) is 9.06. The van der Waals surface area contributed by atoms with Gasteiger partial charge in [-0.2, -0.15) is 4.98 Å². The number of benzene rings is 1. The Morgan fingerprint density at radius 2 is 2.04 bits per heavy atom. The van der Waals surface area contributed by atoms with Gasteiger partial charge in [-0.1, -0.05) is 19.9 Å². The number of carbonyl (C=O) groups excluding carboxylic acids is 1. The summed E-state index contributed by atoms with van der Waals surface area (Å²) in [6.45, 7) is 8.89. The zero-order valence-electron chi connectivity index (χ0n) is 15.9. The van der Waals surface area contributed by atoms with Crippen LogP contribution in [0.15, 0.2) is 34.9 Å². The molecule has 0 saturated heterocycles. The molecule has 0 spiro atoms. The fraction of sp³-hybridized carbons (Fsp3) is 0.350. The van der Waals surface area contributed by atoms with Crippen LogP contribution >= 0.6 is 0 Å². The largest absolute Gasteiger partial charge is 0.459 e. The number of fused-ring (bicyclic) bond motifs is 2. The number of aromatic nitrogens is 2. The van der Waals surface area contributed by atoms with Crippen molar-refractivity contribution in [2.24, 2.45) is 5.92 Å². The van der Waals surface area contributed by atoms with E-state index in [9.17, 15) is 4.79 Å². The van der Waals surface area contributed by atoms with Crippen molar-refractivity contribution in [1.82, 2.24) is 9.97 Å². The summed E-state index contributed by atoms with van der Waals surface area (Å²) in [5.41, 5.74) is 3.47. The van der Waals surface area contributed by atoms with Crippen LogP contribution in [-0.2, 0) is 10.2 Å². The van der Waals surface area contributed by atoms with E-state index < -0.39 is 5.41 Å².